The number of carbonyl (C=O) groups is 1. The highest BCUT2D eigenvalue weighted by molar-refractivity contribution is 7.99. The lowest BCUT2D eigenvalue weighted by Gasteiger charge is -2.51. The first-order valence-corrected chi connectivity index (χ1v) is 18.1. The molecule has 41 heavy (non-hydrogen) atoms. The molecule has 4 fully saturated rings. The number of aromatic nitrogens is 1. The molecular weight excluding hydrogens is 569 g/mol. The van der Waals surface area contributed by atoms with Gasteiger partial charge in [-0.3, -0.25) is 4.79 Å². The number of benzene rings is 2. The van der Waals surface area contributed by atoms with Gasteiger partial charge in [-0.25, -0.2) is 13.9 Å². The van der Waals surface area contributed by atoms with Crippen LogP contribution in [0.2, 0.25) is 0 Å². The maximum absolute atomic E-state index is 13.7. The summed E-state index contributed by atoms with van der Waals surface area (Å²) in [6, 6.07) is 14.3. The van der Waals surface area contributed by atoms with E-state index in [-0.39, 0.29) is 5.91 Å². The number of nitrogens with zero attached hydrogens (tertiary/aromatic N) is 3. The molecule has 1 spiro atoms. The monoisotopic (exact) mass is 604 g/mol. The molecule has 1 aromatic heterocycles. The van der Waals surface area contributed by atoms with E-state index in [1.165, 1.54) is 67.8 Å². The lowest BCUT2D eigenvalue weighted by atomic mass is 9.75. The zero-order valence-electron chi connectivity index (χ0n) is 23.3. The van der Waals surface area contributed by atoms with Crippen molar-refractivity contribution >= 4 is 50.8 Å². The van der Waals surface area contributed by atoms with Crippen LogP contribution in [0, 0.1) is 22.7 Å². The number of hydrogen-bond donors (Lipinski definition) is 1. The maximum Gasteiger partial charge on any atom is 0.282 e. The second kappa shape index (κ2) is 11.1. The summed E-state index contributed by atoms with van der Waals surface area (Å²) in [5, 5.41) is 12.0. The number of thiazole rings is 1. The molecule has 0 bridgehead atoms. The Labute approximate surface area is 252 Å². The van der Waals surface area contributed by atoms with Crippen molar-refractivity contribution in [1.29, 1.82) is 5.26 Å². The fourth-order valence-electron chi connectivity index (χ4n) is 6.84. The molecule has 7 rings (SSSR count). The van der Waals surface area contributed by atoms with Gasteiger partial charge in [0.1, 0.15) is 16.5 Å². The first kappa shape index (κ1) is 27.6. The standard InChI is InChI=1S/C32H36N4O2S3/c33-19-32(12-13-32)35-41(38)27-11-10-25(23-8-4-5-9-24(23)27)28-26(18-22-6-2-1-3-7-22)34-29(40-28)30(37)36-20-31(21-36)14-16-39-17-15-31/h4-5,8-11,22,35H,1-3,6-7,12-18,20-21H2. The molecule has 2 saturated heterocycles. The van der Waals surface area contributed by atoms with Gasteiger partial charge in [0, 0.05) is 24.1 Å². The third-order valence-electron chi connectivity index (χ3n) is 9.56. The van der Waals surface area contributed by atoms with E-state index in [1.807, 2.05) is 47.0 Å². The summed E-state index contributed by atoms with van der Waals surface area (Å²) in [6.45, 7) is 1.72. The second-order valence-electron chi connectivity index (χ2n) is 12.5. The smallest absolute Gasteiger partial charge is 0.282 e. The van der Waals surface area contributed by atoms with Crippen molar-refractivity contribution in [2.75, 3.05) is 24.6 Å². The van der Waals surface area contributed by atoms with Crippen LogP contribution < -0.4 is 4.72 Å². The third-order valence-corrected chi connectivity index (χ3v) is 13.0. The summed E-state index contributed by atoms with van der Waals surface area (Å²) < 4.78 is 16.4. The van der Waals surface area contributed by atoms with E-state index in [4.69, 9.17) is 4.98 Å². The van der Waals surface area contributed by atoms with Gasteiger partial charge in [-0.1, -0.05) is 62.4 Å². The van der Waals surface area contributed by atoms with Crippen LogP contribution in [-0.4, -0.2) is 50.1 Å². The number of thioether (sulfide) groups is 1. The van der Waals surface area contributed by atoms with Gasteiger partial charge >= 0.3 is 0 Å². The molecule has 6 nitrogen and oxygen atoms in total. The van der Waals surface area contributed by atoms with Gasteiger partial charge in [0.25, 0.3) is 5.91 Å². The number of amides is 1. The maximum atomic E-state index is 13.7. The number of likely N-dealkylation sites (tertiary alicyclic amines) is 1. The van der Waals surface area contributed by atoms with E-state index in [0.717, 1.165) is 59.3 Å². The van der Waals surface area contributed by atoms with E-state index in [2.05, 4.69) is 16.9 Å². The Morgan fingerprint density at radius 3 is 2.49 bits per heavy atom. The topological polar surface area (TPSA) is 86.1 Å². The average molecular weight is 605 g/mol. The molecule has 1 N–H and O–H groups in total. The molecule has 1 amide bonds. The molecule has 0 radical (unpaired) electrons. The van der Waals surface area contributed by atoms with E-state index in [0.29, 0.717) is 21.2 Å². The van der Waals surface area contributed by atoms with Crippen LogP contribution in [0.3, 0.4) is 0 Å². The van der Waals surface area contributed by atoms with Crippen LogP contribution in [0.4, 0.5) is 0 Å². The Hall–Kier alpha value is -2.25. The zero-order valence-corrected chi connectivity index (χ0v) is 25.8. The Morgan fingerprint density at radius 2 is 1.78 bits per heavy atom. The predicted molar refractivity (Wildman–Crippen MR) is 167 cm³/mol. The Bertz CT molecular complexity index is 1540. The van der Waals surface area contributed by atoms with Crippen molar-refractivity contribution in [3.8, 4) is 16.5 Å². The number of fused-ring (bicyclic) bond motifs is 1. The van der Waals surface area contributed by atoms with Crippen molar-refractivity contribution in [2.24, 2.45) is 11.3 Å². The van der Waals surface area contributed by atoms with Gasteiger partial charge in [0.05, 0.1) is 21.5 Å². The SMILES string of the molecule is N#CC1(NS(=O)c2ccc(-c3sc(C(=O)N4CC5(CCSCC5)C4)nc3CC3CCCCC3)c3ccccc23)CC1. The largest absolute Gasteiger partial charge is 0.335 e. The molecular formula is C32H36N4O2S3. The summed E-state index contributed by atoms with van der Waals surface area (Å²) in [7, 11) is -1.50. The second-order valence-corrected chi connectivity index (χ2v) is 15.9. The highest BCUT2D eigenvalue weighted by Crippen LogP contribution is 2.45. The van der Waals surface area contributed by atoms with Crippen molar-refractivity contribution in [3.63, 3.8) is 0 Å². The third kappa shape index (κ3) is 5.37. The first-order chi connectivity index (χ1) is 20.0. The Kier molecular flexibility index (Phi) is 7.47. The van der Waals surface area contributed by atoms with E-state index < -0.39 is 16.5 Å². The Morgan fingerprint density at radius 1 is 1.05 bits per heavy atom. The molecule has 3 heterocycles. The highest BCUT2D eigenvalue weighted by Gasteiger charge is 2.47. The normalized spacial score (nSPS) is 22.3. The number of hydrogen-bond acceptors (Lipinski definition) is 6. The van der Waals surface area contributed by atoms with E-state index in [9.17, 15) is 14.3 Å². The average Bonchev–Trinajstić information content (AvgIpc) is 3.65. The lowest BCUT2D eigenvalue weighted by Crippen LogP contribution is -2.59. The minimum atomic E-state index is -1.50. The molecule has 9 heteroatoms. The van der Waals surface area contributed by atoms with Crippen molar-refractivity contribution in [2.45, 2.75) is 74.6 Å². The Balaban J connectivity index is 1.23. The number of rotatable bonds is 7. The van der Waals surface area contributed by atoms with Gasteiger partial charge in [0.15, 0.2) is 5.01 Å². The van der Waals surface area contributed by atoms with Crippen LogP contribution in [0.25, 0.3) is 21.2 Å². The van der Waals surface area contributed by atoms with Crippen LogP contribution in [0.15, 0.2) is 41.3 Å². The molecule has 3 aromatic rings. The van der Waals surface area contributed by atoms with Gasteiger partial charge in [-0.15, -0.1) is 11.3 Å². The van der Waals surface area contributed by atoms with Gasteiger partial charge < -0.3 is 4.90 Å². The molecule has 1 atom stereocenters. The molecule has 2 aliphatic heterocycles. The van der Waals surface area contributed by atoms with Gasteiger partial charge in [0.2, 0.25) is 0 Å². The van der Waals surface area contributed by atoms with Crippen molar-refractivity contribution in [3.05, 3.63) is 47.1 Å². The quantitative estimate of drug-likeness (QED) is 0.324. The van der Waals surface area contributed by atoms with Crippen LogP contribution >= 0.6 is 23.1 Å². The summed E-state index contributed by atoms with van der Waals surface area (Å²) in [4.78, 5) is 22.6. The fraction of sp³-hybridized carbons (Fsp3) is 0.531. The highest BCUT2D eigenvalue weighted by atomic mass is 32.2. The number of nitriles is 1. The fourth-order valence-corrected chi connectivity index (χ4v) is 10.6. The van der Waals surface area contributed by atoms with Gasteiger partial charge in [-0.2, -0.15) is 17.0 Å². The van der Waals surface area contributed by atoms with Gasteiger partial charge in [-0.05, 0) is 66.4 Å². The molecule has 214 valence electrons. The minimum Gasteiger partial charge on any atom is -0.335 e. The molecule has 2 saturated carbocycles. The van der Waals surface area contributed by atoms with E-state index in [1.54, 1.807) is 0 Å². The van der Waals surface area contributed by atoms with Crippen LogP contribution in [0.5, 0.6) is 0 Å². The molecule has 1 unspecified atom stereocenters. The summed E-state index contributed by atoms with van der Waals surface area (Å²) in [5.74, 6) is 3.08. The lowest BCUT2D eigenvalue weighted by molar-refractivity contribution is 0.00111. The van der Waals surface area contributed by atoms with E-state index >= 15 is 0 Å². The first-order valence-electron chi connectivity index (χ1n) is 15.0. The molecule has 2 aliphatic carbocycles. The van der Waals surface area contributed by atoms with Crippen LogP contribution in [0.1, 0.15) is 73.3 Å². The minimum absolute atomic E-state index is 0.0764. The summed E-state index contributed by atoms with van der Waals surface area (Å²) in [6.07, 6.45) is 11.1. The number of nitrogens with one attached hydrogen (secondary N) is 1. The van der Waals surface area contributed by atoms with Crippen molar-refractivity contribution < 1.29 is 9.00 Å². The summed E-state index contributed by atoms with van der Waals surface area (Å²) >= 11 is 3.56. The summed E-state index contributed by atoms with van der Waals surface area (Å²) in [5.41, 5.74) is 1.74. The number of carbonyl (C=O) groups excluding carboxylic acids is 1. The van der Waals surface area contributed by atoms with Crippen molar-refractivity contribution in [1.82, 2.24) is 14.6 Å². The zero-order chi connectivity index (χ0) is 28.0. The predicted octanol–water partition coefficient (Wildman–Crippen LogP) is 6.72. The molecule has 2 aromatic carbocycles. The van der Waals surface area contributed by atoms with Crippen LogP contribution in [-0.2, 0) is 17.4 Å². The molecule has 4 aliphatic rings.